The summed E-state index contributed by atoms with van der Waals surface area (Å²) in [6, 6.07) is 3.87. The molecule has 1 fully saturated rings. The molecule has 0 bridgehead atoms. The van der Waals surface area contributed by atoms with Crippen molar-refractivity contribution in [2.75, 3.05) is 13.1 Å². The van der Waals surface area contributed by atoms with E-state index in [0.29, 0.717) is 0 Å². The third-order valence-corrected chi connectivity index (χ3v) is 4.90. The molecule has 0 radical (unpaired) electrons. The zero-order valence-corrected chi connectivity index (χ0v) is 13.9. The van der Waals surface area contributed by atoms with Crippen LogP contribution in [-0.2, 0) is 11.8 Å². The zero-order valence-electron chi connectivity index (χ0n) is 13.9. The van der Waals surface area contributed by atoms with Gasteiger partial charge in [0.15, 0.2) is 0 Å². The first-order chi connectivity index (χ1) is 10.0. The predicted octanol–water partition coefficient (Wildman–Crippen LogP) is 4.67. The summed E-state index contributed by atoms with van der Waals surface area (Å²) in [5.74, 6) is -0.0161. The quantitative estimate of drug-likeness (QED) is 0.794. The van der Waals surface area contributed by atoms with Gasteiger partial charge in [0.25, 0.3) is 0 Å². The molecule has 0 aliphatic carbocycles. The van der Waals surface area contributed by atoms with E-state index >= 15 is 0 Å². The lowest BCUT2D eigenvalue weighted by Gasteiger charge is -2.41. The number of hydrogen-bond donors (Lipinski definition) is 1. The van der Waals surface area contributed by atoms with Crippen LogP contribution < -0.4 is 5.32 Å². The molecule has 0 aromatic heterocycles. The van der Waals surface area contributed by atoms with Gasteiger partial charge >= 0.3 is 0 Å². The van der Waals surface area contributed by atoms with Crippen LogP contribution in [0.1, 0.15) is 56.7 Å². The maximum Gasteiger partial charge on any atom is 0.127 e. The van der Waals surface area contributed by atoms with Gasteiger partial charge in [-0.1, -0.05) is 31.6 Å². The van der Waals surface area contributed by atoms with Crippen molar-refractivity contribution in [3.05, 3.63) is 46.3 Å². The number of piperidine rings is 1. The average Bonchev–Trinajstić information content (AvgIpc) is 2.47. The van der Waals surface area contributed by atoms with Crippen LogP contribution in [0.25, 0.3) is 0 Å². The highest BCUT2D eigenvalue weighted by Crippen LogP contribution is 2.43. The molecule has 1 nitrogen and oxygen atoms in total. The van der Waals surface area contributed by atoms with Crippen LogP contribution in [0.5, 0.6) is 0 Å². The zero-order chi connectivity index (χ0) is 15.5. The summed E-state index contributed by atoms with van der Waals surface area (Å²) in [7, 11) is 0. The molecule has 116 valence electrons. The van der Waals surface area contributed by atoms with Crippen LogP contribution in [0.2, 0.25) is 0 Å². The highest BCUT2D eigenvalue weighted by Gasteiger charge is 2.38. The Hall–Kier alpha value is -1.15. The highest BCUT2D eigenvalue weighted by molar-refractivity contribution is 5.45. The molecule has 2 rings (SSSR count). The summed E-state index contributed by atoms with van der Waals surface area (Å²) in [6.07, 6.45) is 6.16. The Morgan fingerprint density at radius 1 is 1.29 bits per heavy atom. The van der Waals surface area contributed by atoms with Gasteiger partial charge in [0.05, 0.1) is 0 Å². The van der Waals surface area contributed by atoms with Crippen LogP contribution in [0.4, 0.5) is 4.39 Å². The maximum atomic E-state index is 14.9. The smallest absolute Gasteiger partial charge is 0.127 e. The van der Waals surface area contributed by atoms with E-state index in [4.69, 9.17) is 0 Å². The Balaban J connectivity index is 2.64. The van der Waals surface area contributed by atoms with E-state index in [-0.39, 0.29) is 11.2 Å². The molecule has 21 heavy (non-hydrogen) atoms. The van der Waals surface area contributed by atoms with Gasteiger partial charge in [-0.2, -0.15) is 0 Å². The molecular formula is C19H28FN. The minimum atomic E-state index is -0.121. The summed E-state index contributed by atoms with van der Waals surface area (Å²) >= 11 is 0. The van der Waals surface area contributed by atoms with E-state index in [1.807, 2.05) is 6.92 Å². The molecule has 1 aromatic rings. The van der Waals surface area contributed by atoms with Gasteiger partial charge in [0.2, 0.25) is 0 Å². The molecule has 1 heterocycles. The Labute approximate surface area is 128 Å². The van der Waals surface area contributed by atoms with Crippen molar-refractivity contribution in [3.63, 3.8) is 0 Å². The number of rotatable bonds is 4. The lowest BCUT2D eigenvalue weighted by atomic mass is 9.66. The van der Waals surface area contributed by atoms with Gasteiger partial charge in [0, 0.05) is 11.0 Å². The van der Waals surface area contributed by atoms with Crippen molar-refractivity contribution in [1.29, 1.82) is 0 Å². The van der Waals surface area contributed by atoms with Crippen molar-refractivity contribution in [2.24, 2.45) is 0 Å². The number of allylic oxidation sites excluding steroid dienone is 2. The number of hydrogen-bond acceptors (Lipinski definition) is 1. The molecule has 0 atom stereocenters. The summed E-state index contributed by atoms with van der Waals surface area (Å²) < 4.78 is 14.9. The third kappa shape index (κ3) is 3.06. The summed E-state index contributed by atoms with van der Waals surface area (Å²) in [6.45, 7) is 10.4. The third-order valence-electron chi connectivity index (χ3n) is 4.90. The minimum absolute atomic E-state index is 0.0161. The second kappa shape index (κ2) is 6.74. The molecule has 0 unspecified atom stereocenters. The molecular weight excluding hydrogens is 261 g/mol. The highest BCUT2D eigenvalue weighted by atomic mass is 19.1. The van der Waals surface area contributed by atoms with Crippen LogP contribution in [0, 0.1) is 12.7 Å². The average molecular weight is 289 g/mol. The lowest BCUT2D eigenvalue weighted by Crippen LogP contribution is -2.42. The Morgan fingerprint density at radius 3 is 2.52 bits per heavy atom. The first-order valence-electron chi connectivity index (χ1n) is 8.22. The molecule has 2 heteroatoms. The van der Waals surface area contributed by atoms with Crippen molar-refractivity contribution in [1.82, 2.24) is 5.32 Å². The van der Waals surface area contributed by atoms with Gasteiger partial charge in [-0.3, -0.25) is 0 Å². The SMILES string of the molecule is CC/C=C(/C)C1(c2c(F)cc(C)cc2CC)CCNCC1. The van der Waals surface area contributed by atoms with E-state index in [1.54, 1.807) is 6.07 Å². The minimum Gasteiger partial charge on any atom is -0.317 e. The van der Waals surface area contributed by atoms with Crippen LogP contribution in [0.3, 0.4) is 0 Å². The number of nitrogens with one attached hydrogen (secondary N) is 1. The summed E-state index contributed by atoms with van der Waals surface area (Å²) in [5, 5.41) is 3.42. The molecule has 1 N–H and O–H groups in total. The monoisotopic (exact) mass is 289 g/mol. The lowest BCUT2D eigenvalue weighted by molar-refractivity contribution is 0.341. The second-order valence-electron chi connectivity index (χ2n) is 6.26. The first-order valence-corrected chi connectivity index (χ1v) is 8.22. The Morgan fingerprint density at radius 2 is 1.95 bits per heavy atom. The van der Waals surface area contributed by atoms with Crippen molar-refractivity contribution in [3.8, 4) is 0 Å². The molecule has 1 aliphatic rings. The molecule has 0 saturated carbocycles. The van der Waals surface area contributed by atoms with E-state index in [0.717, 1.165) is 49.9 Å². The van der Waals surface area contributed by atoms with Crippen LogP contribution in [-0.4, -0.2) is 13.1 Å². The molecule has 1 aromatic carbocycles. The number of benzene rings is 1. The fraction of sp³-hybridized carbons (Fsp3) is 0.579. The topological polar surface area (TPSA) is 12.0 Å². The van der Waals surface area contributed by atoms with Gasteiger partial charge in [-0.25, -0.2) is 4.39 Å². The Kier molecular flexibility index (Phi) is 5.21. The fourth-order valence-electron chi connectivity index (χ4n) is 3.83. The molecule has 0 amide bonds. The summed E-state index contributed by atoms with van der Waals surface area (Å²) in [4.78, 5) is 0. The maximum absolute atomic E-state index is 14.9. The van der Waals surface area contributed by atoms with Crippen molar-refractivity contribution < 1.29 is 4.39 Å². The number of aryl methyl sites for hydroxylation is 2. The van der Waals surface area contributed by atoms with E-state index < -0.39 is 0 Å². The van der Waals surface area contributed by atoms with Crippen LogP contribution >= 0.6 is 0 Å². The second-order valence-corrected chi connectivity index (χ2v) is 6.26. The van der Waals surface area contributed by atoms with Crippen molar-refractivity contribution in [2.45, 2.75) is 58.8 Å². The van der Waals surface area contributed by atoms with Gasteiger partial charge < -0.3 is 5.32 Å². The fourth-order valence-corrected chi connectivity index (χ4v) is 3.83. The van der Waals surface area contributed by atoms with E-state index in [1.165, 1.54) is 11.1 Å². The first kappa shape index (κ1) is 16.2. The van der Waals surface area contributed by atoms with Crippen molar-refractivity contribution >= 4 is 0 Å². The van der Waals surface area contributed by atoms with E-state index in [2.05, 4.69) is 38.2 Å². The van der Waals surface area contributed by atoms with Crippen LogP contribution in [0.15, 0.2) is 23.8 Å². The largest absolute Gasteiger partial charge is 0.317 e. The predicted molar refractivity (Wildman–Crippen MR) is 88.3 cm³/mol. The number of halogens is 1. The Bertz CT molecular complexity index is 525. The molecule has 1 saturated heterocycles. The van der Waals surface area contributed by atoms with E-state index in [9.17, 15) is 4.39 Å². The van der Waals surface area contributed by atoms with Gasteiger partial charge in [-0.15, -0.1) is 0 Å². The normalized spacial score (nSPS) is 18.8. The standard InChI is InChI=1S/C19H28FN/c1-5-7-15(4)19(8-10-21-11-9-19)18-16(6-2)12-14(3)13-17(18)20/h7,12-13,21H,5-6,8-11H2,1-4H3/b15-7-. The van der Waals surface area contributed by atoms with Gasteiger partial charge in [-0.05, 0) is 69.8 Å². The van der Waals surface area contributed by atoms with Gasteiger partial charge in [0.1, 0.15) is 5.82 Å². The summed E-state index contributed by atoms with van der Waals surface area (Å²) in [5.41, 5.74) is 4.38. The molecule has 1 aliphatic heterocycles. The molecule has 0 spiro atoms.